The van der Waals surface area contributed by atoms with Gasteiger partial charge in [0.25, 0.3) is 5.91 Å². The monoisotopic (exact) mass is 314 g/mol. The fourth-order valence-corrected chi connectivity index (χ4v) is 1.99. The van der Waals surface area contributed by atoms with Crippen molar-refractivity contribution in [1.29, 1.82) is 0 Å². The molecule has 18 heavy (non-hydrogen) atoms. The lowest BCUT2D eigenvalue weighted by Crippen LogP contribution is -2.29. The lowest BCUT2D eigenvalue weighted by Gasteiger charge is -2.10. The second-order valence-electron chi connectivity index (χ2n) is 4.19. The van der Waals surface area contributed by atoms with Crippen molar-refractivity contribution in [2.45, 2.75) is 13.3 Å². The van der Waals surface area contributed by atoms with E-state index in [0.29, 0.717) is 17.8 Å². The molecule has 1 atom stereocenters. The molecule has 98 valence electrons. The zero-order valence-electron chi connectivity index (χ0n) is 9.94. The molecule has 0 heterocycles. The van der Waals surface area contributed by atoms with Crippen molar-refractivity contribution in [3.63, 3.8) is 0 Å². The molecule has 5 nitrogen and oxygen atoms in total. The van der Waals surface area contributed by atoms with E-state index in [1.165, 1.54) is 0 Å². The standard InChI is InChI=1S/C12H15BrN2O3/c1-7(2-11(16)17)6-15-12(18)8-3-9(13)5-10(14)4-8/h3-5,7H,2,6,14H2,1H3,(H,15,18)(H,16,17). The summed E-state index contributed by atoms with van der Waals surface area (Å²) in [5.74, 6) is -1.25. The van der Waals surface area contributed by atoms with E-state index in [1.54, 1.807) is 25.1 Å². The van der Waals surface area contributed by atoms with E-state index in [2.05, 4.69) is 21.2 Å². The number of halogens is 1. The van der Waals surface area contributed by atoms with E-state index in [4.69, 9.17) is 10.8 Å². The zero-order chi connectivity index (χ0) is 13.7. The van der Waals surface area contributed by atoms with Crippen LogP contribution in [0.3, 0.4) is 0 Å². The van der Waals surface area contributed by atoms with E-state index in [-0.39, 0.29) is 18.2 Å². The molecular weight excluding hydrogens is 300 g/mol. The highest BCUT2D eigenvalue weighted by atomic mass is 79.9. The van der Waals surface area contributed by atoms with Gasteiger partial charge in [-0.2, -0.15) is 0 Å². The maximum absolute atomic E-state index is 11.8. The summed E-state index contributed by atoms with van der Waals surface area (Å²) >= 11 is 3.26. The summed E-state index contributed by atoms with van der Waals surface area (Å²) in [7, 11) is 0. The zero-order valence-corrected chi connectivity index (χ0v) is 11.5. The Morgan fingerprint density at radius 1 is 1.44 bits per heavy atom. The largest absolute Gasteiger partial charge is 0.481 e. The number of nitrogens with one attached hydrogen (secondary N) is 1. The molecule has 0 radical (unpaired) electrons. The first-order valence-corrected chi connectivity index (χ1v) is 6.24. The molecule has 6 heteroatoms. The van der Waals surface area contributed by atoms with Gasteiger partial charge in [-0.1, -0.05) is 22.9 Å². The van der Waals surface area contributed by atoms with Crippen molar-refractivity contribution in [1.82, 2.24) is 5.32 Å². The van der Waals surface area contributed by atoms with Crippen LogP contribution in [0.4, 0.5) is 5.69 Å². The number of carboxylic acids is 1. The number of hydrogen-bond acceptors (Lipinski definition) is 3. The summed E-state index contributed by atoms with van der Waals surface area (Å²) in [5.41, 5.74) is 6.57. The molecular formula is C12H15BrN2O3. The highest BCUT2D eigenvalue weighted by molar-refractivity contribution is 9.10. The predicted octanol–water partition coefficient (Wildman–Crippen LogP) is 1.87. The Labute approximate surface area is 113 Å². The minimum Gasteiger partial charge on any atom is -0.481 e. The number of carboxylic acid groups (broad SMARTS) is 1. The van der Waals surface area contributed by atoms with Gasteiger partial charge >= 0.3 is 5.97 Å². The van der Waals surface area contributed by atoms with Crippen molar-refractivity contribution < 1.29 is 14.7 Å². The van der Waals surface area contributed by atoms with E-state index in [1.807, 2.05) is 0 Å². The van der Waals surface area contributed by atoms with Gasteiger partial charge < -0.3 is 16.2 Å². The first kappa shape index (κ1) is 14.5. The summed E-state index contributed by atoms with van der Waals surface area (Å²) in [6.07, 6.45) is 0.0287. The molecule has 0 aliphatic rings. The Bertz CT molecular complexity index is 442. The first-order valence-electron chi connectivity index (χ1n) is 5.44. The first-order chi connectivity index (χ1) is 8.38. The van der Waals surface area contributed by atoms with Gasteiger partial charge in [-0.15, -0.1) is 0 Å². The number of benzene rings is 1. The van der Waals surface area contributed by atoms with Gasteiger partial charge in [0.05, 0.1) is 0 Å². The minimum absolute atomic E-state index is 0.0287. The lowest BCUT2D eigenvalue weighted by atomic mass is 10.1. The van der Waals surface area contributed by atoms with Crippen LogP contribution in [-0.4, -0.2) is 23.5 Å². The molecule has 1 aromatic carbocycles. The molecule has 1 amide bonds. The average molecular weight is 315 g/mol. The molecule has 0 aliphatic carbocycles. The normalized spacial score (nSPS) is 11.9. The molecule has 0 spiro atoms. The number of nitrogens with two attached hydrogens (primary N) is 1. The molecule has 0 bridgehead atoms. The van der Waals surface area contributed by atoms with Crippen molar-refractivity contribution in [2.75, 3.05) is 12.3 Å². The van der Waals surface area contributed by atoms with Crippen LogP contribution in [-0.2, 0) is 4.79 Å². The summed E-state index contributed by atoms with van der Waals surface area (Å²) < 4.78 is 0.728. The Balaban J connectivity index is 2.57. The number of carbonyl (C=O) groups is 2. The van der Waals surface area contributed by atoms with Crippen LogP contribution in [0.2, 0.25) is 0 Å². The minimum atomic E-state index is -0.872. The Hall–Kier alpha value is -1.56. The highest BCUT2D eigenvalue weighted by Gasteiger charge is 2.11. The Morgan fingerprint density at radius 3 is 2.67 bits per heavy atom. The third kappa shape index (κ3) is 4.75. The molecule has 0 aromatic heterocycles. The number of nitrogen functional groups attached to an aromatic ring is 1. The topological polar surface area (TPSA) is 92.4 Å². The lowest BCUT2D eigenvalue weighted by molar-refractivity contribution is -0.137. The highest BCUT2D eigenvalue weighted by Crippen LogP contribution is 2.17. The van der Waals surface area contributed by atoms with Crippen LogP contribution in [0.25, 0.3) is 0 Å². The number of carbonyl (C=O) groups excluding carboxylic acids is 1. The molecule has 1 rings (SSSR count). The van der Waals surface area contributed by atoms with Gasteiger partial charge in [-0.25, -0.2) is 0 Å². The third-order valence-corrected chi connectivity index (χ3v) is 2.77. The van der Waals surface area contributed by atoms with E-state index < -0.39 is 5.97 Å². The summed E-state index contributed by atoms with van der Waals surface area (Å²) in [5, 5.41) is 11.3. The molecule has 0 fully saturated rings. The predicted molar refractivity (Wildman–Crippen MR) is 72.3 cm³/mol. The van der Waals surface area contributed by atoms with Gasteiger partial charge in [0, 0.05) is 28.7 Å². The van der Waals surface area contributed by atoms with Crippen LogP contribution in [0.15, 0.2) is 22.7 Å². The molecule has 0 saturated carbocycles. The number of amides is 1. The Morgan fingerprint density at radius 2 is 2.11 bits per heavy atom. The van der Waals surface area contributed by atoms with E-state index >= 15 is 0 Å². The smallest absolute Gasteiger partial charge is 0.303 e. The summed E-state index contributed by atoms with van der Waals surface area (Å²) in [4.78, 5) is 22.3. The molecule has 1 aromatic rings. The van der Waals surface area contributed by atoms with Crippen molar-refractivity contribution in [2.24, 2.45) is 5.92 Å². The Kier molecular flexibility index (Phi) is 5.15. The molecule has 4 N–H and O–H groups in total. The fraction of sp³-hybridized carbons (Fsp3) is 0.333. The van der Waals surface area contributed by atoms with Gasteiger partial charge in [-0.3, -0.25) is 9.59 Å². The number of aliphatic carboxylic acids is 1. The van der Waals surface area contributed by atoms with Gasteiger partial charge in [0.2, 0.25) is 0 Å². The quantitative estimate of drug-likeness (QED) is 0.723. The molecule has 1 unspecified atom stereocenters. The maximum atomic E-state index is 11.8. The summed E-state index contributed by atoms with van der Waals surface area (Å²) in [6, 6.07) is 4.93. The van der Waals surface area contributed by atoms with Gasteiger partial charge in [0.1, 0.15) is 0 Å². The summed E-state index contributed by atoms with van der Waals surface area (Å²) in [6.45, 7) is 2.08. The SMILES string of the molecule is CC(CNC(=O)c1cc(N)cc(Br)c1)CC(=O)O. The number of rotatable bonds is 5. The van der Waals surface area contributed by atoms with Crippen LogP contribution in [0.5, 0.6) is 0 Å². The second-order valence-corrected chi connectivity index (χ2v) is 5.10. The number of hydrogen-bond donors (Lipinski definition) is 3. The second kappa shape index (κ2) is 6.39. The van der Waals surface area contributed by atoms with Gasteiger partial charge in [0.15, 0.2) is 0 Å². The van der Waals surface area contributed by atoms with E-state index in [0.717, 1.165) is 4.47 Å². The van der Waals surface area contributed by atoms with E-state index in [9.17, 15) is 9.59 Å². The third-order valence-electron chi connectivity index (χ3n) is 2.32. The fourth-order valence-electron chi connectivity index (χ4n) is 1.48. The maximum Gasteiger partial charge on any atom is 0.303 e. The van der Waals surface area contributed by atoms with Crippen molar-refractivity contribution in [3.8, 4) is 0 Å². The van der Waals surface area contributed by atoms with Crippen LogP contribution in [0.1, 0.15) is 23.7 Å². The molecule has 0 aliphatic heterocycles. The average Bonchev–Trinajstić information content (AvgIpc) is 2.23. The molecule has 0 saturated heterocycles. The van der Waals surface area contributed by atoms with Crippen LogP contribution in [0, 0.1) is 5.92 Å². The van der Waals surface area contributed by atoms with Crippen molar-refractivity contribution >= 4 is 33.5 Å². The van der Waals surface area contributed by atoms with Crippen LogP contribution < -0.4 is 11.1 Å². The van der Waals surface area contributed by atoms with Gasteiger partial charge in [-0.05, 0) is 24.1 Å². The van der Waals surface area contributed by atoms with Crippen molar-refractivity contribution in [3.05, 3.63) is 28.2 Å². The number of anilines is 1. The van der Waals surface area contributed by atoms with Crippen LogP contribution >= 0.6 is 15.9 Å².